The Morgan fingerprint density at radius 1 is 1.24 bits per heavy atom. The summed E-state index contributed by atoms with van der Waals surface area (Å²) in [7, 11) is 0. The van der Waals surface area contributed by atoms with E-state index in [9.17, 15) is 0 Å². The molecule has 0 saturated carbocycles. The van der Waals surface area contributed by atoms with E-state index in [1.165, 1.54) is 0 Å². The largest absolute Gasteiger partial charge is 0.491 e. The first-order valence-corrected chi connectivity index (χ1v) is 6.37. The van der Waals surface area contributed by atoms with Gasteiger partial charge in [-0.15, -0.1) is 11.6 Å². The fourth-order valence-corrected chi connectivity index (χ4v) is 1.64. The summed E-state index contributed by atoms with van der Waals surface area (Å²) >= 11 is 5.50. The van der Waals surface area contributed by atoms with Gasteiger partial charge in [-0.1, -0.05) is 18.2 Å². The van der Waals surface area contributed by atoms with Gasteiger partial charge in [-0.25, -0.2) is 0 Å². The van der Waals surface area contributed by atoms with Gasteiger partial charge in [0.05, 0.1) is 13.2 Å². The minimum atomic E-state index is 0.132. The summed E-state index contributed by atoms with van der Waals surface area (Å²) in [6, 6.07) is 8.08. The SMILES string of the molecule is CC(N)Cc1ccccc1OCCOCCCl. The fraction of sp³-hybridized carbons (Fsp3) is 0.538. The number of rotatable bonds is 8. The van der Waals surface area contributed by atoms with Crippen LogP contribution in [0, 0.1) is 0 Å². The highest BCUT2D eigenvalue weighted by molar-refractivity contribution is 6.17. The Morgan fingerprint density at radius 2 is 2.00 bits per heavy atom. The summed E-state index contributed by atoms with van der Waals surface area (Å²) in [4.78, 5) is 0. The Morgan fingerprint density at radius 3 is 2.71 bits per heavy atom. The highest BCUT2D eigenvalue weighted by atomic mass is 35.5. The molecule has 0 bridgehead atoms. The lowest BCUT2D eigenvalue weighted by Gasteiger charge is -2.12. The van der Waals surface area contributed by atoms with Crippen LogP contribution in [0.2, 0.25) is 0 Å². The van der Waals surface area contributed by atoms with Gasteiger partial charge in [0.25, 0.3) is 0 Å². The maximum Gasteiger partial charge on any atom is 0.122 e. The normalized spacial score (nSPS) is 12.4. The number of hydrogen-bond donors (Lipinski definition) is 1. The Balaban J connectivity index is 2.40. The number of halogens is 1. The second-order valence-corrected chi connectivity index (χ2v) is 4.32. The van der Waals surface area contributed by atoms with Crippen molar-refractivity contribution in [2.45, 2.75) is 19.4 Å². The van der Waals surface area contributed by atoms with Gasteiger partial charge in [-0.3, -0.25) is 0 Å². The van der Waals surface area contributed by atoms with Gasteiger partial charge in [0.2, 0.25) is 0 Å². The summed E-state index contributed by atoms with van der Waals surface area (Å²) in [5, 5.41) is 0. The summed E-state index contributed by atoms with van der Waals surface area (Å²) in [5.41, 5.74) is 6.93. The molecule has 1 unspecified atom stereocenters. The number of hydrogen-bond acceptors (Lipinski definition) is 3. The maximum absolute atomic E-state index is 5.79. The quantitative estimate of drug-likeness (QED) is 0.574. The molecule has 0 aromatic heterocycles. The Kier molecular flexibility index (Phi) is 7.01. The van der Waals surface area contributed by atoms with Gasteiger partial charge in [-0.2, -0.15) is 0 Å². The van der Waals surface area contributed by atoms with Crippen LogP contribution in [-0.4, -0.2) is 31.7 Å². The third kappa shape index (κ3) is 5.91. The molecule has 3 nitrogen and oxygen atoms in total. The molecule has 17 heavy (non-hydrogen) atoms. The Labute approximate surface area is 108 Å². The molecule has 96 valence electrons. The molecule has 0 spiro atoms. The summed E-state index contributed by atoms with van der Waals surface area (Å²) in [6.45, 7) is 3.64. The maximum atomic E-state index is 5.79. The average molecular weight is 258 g/mol. The molecule has 1 atom stereocenters. The van der Waals surface area contributed by atoms with Gasteiger partial charge < -0.3 is 15.2 Å². The van der Waals surface area contributed by atoms with E-state index in [4.69, 9.17) is 26.8 Å². The van der Waals surface area contributed by atoms with Gasteiger partial charge >= 0.3 is 0 Å². The van der Waals surface area contributed by atoms with Crippen molar-refractivity contribution in [2.24, 2.45) is 5.73 Å². The number of alkyl halides is 1. The molecule has 1 aromatic rings. The minimum absolute atomic E-state index is 0.132. The zero-order valence-corrected chi connectivity index (χ0v) is 11.0. The molecule has 0 aliphatic carbocycles. The Bertz CT molecular complexity index is 318. The molecule has 0 aliphatic rings. The van der Waals surface area contributed by atoms with Gasteiger partial charge in [0.1, 0.15) is 12.4 Å². The van der Waals surface area contributed by atoms with Crippen LogP contribution in [0.4, 0.5) is 0 Å². The van der Waals surface area contributed by atoms with Crippen molar-refractivity contribution in [3.05, 3.63) is 29.8 Å². The standard InChI is InChI=1S/C13H20ClNO2/c1-11(15)10-12-4-2-3-5-13(12)17-9-8-16-7-6-14/h2-5,11H,6-10,15H2,1H3. The predicted molar refractivity (Wildman–Crippen MR) is 70.8 cm³/mol. The molecule has 0 aliphatic heterocycles. The summed E-state index contributed by atoms with van der Waals surface area (Å²) in [6.07, 6.45) is 0.818. The van der Waals surface area contributed by atoms with E-state index in [1.807, 2.05) is 31.2 Å². The molecular weight excluding hydrogens is 238 g/mol. The molecule has 1 rings (SSSR count). The first-order valence-electron chi connectivity index (χ1n) is 5.84. The van der Waals surface area contributed by atoms with Crippen LogP contribution in [0.1, 0.15) is 12.5 Å². The lowest BCUT2D eigenvalue weighted by atomic mass is 10.1. The Hall–Kier alpha value is -0.770. The molecule has 4 heteroatoms. The molecular formula is C13H20ClNO2. The van der Waals surface area contributed by atoms with Crippen LogP contribution >= 0.6 is 11.6 Å². The number of benzene rings is 1. The monoisotopic (exact) mass is 257 g/mol. The third-order valence-corrected chi connectivity index (χ3v) is 2.38. The molecule has 1 aromatic carbocycles. The molecule has 0 heterocycles. The first-order chi connectivity index (χ1) is 8.24. The van der Waals surface area contributed by atoms with E-state index in [-0.39, 0.29) is 6.04 Å². The molecule has 0 radical (unpaired) electrons. The first kappa shape index (κ1) is 14.3. The second kappa shape index (κ2) is 8.34. The number of nitrogens with two attached hydrogens (primary N) is 1. The molecule has 2 N–H and O–H groups in total. The van der Waals surface area contributed by atoms with E-state index in [0.29, 0.717) is 25.7 Å². The van der Waals surface area contributed by atoms with Crippen molar-refractivity contribution in [2.75, 3.05) is 25.7 Å². The van der Waals surface area contributed by atoms with Crippen molar-refractivity contribution >= 4 is 11.6 Å². The van der Waals surface area contributed by atoms with Gasteiger partial charge in [-0.05, 0) is 25.0 Å². The van der Waals surface area contributed by atoms with Crippen LogP contribution in [0.3, 0.4) is 0 Å². The van der Waals surface area contributed by atoms with Crippen molar-refractivity contribution in [3.8, 4) is 5.75 Å². The lowest BCUT2D eigenvalue weighted by molar-refractivity contribution is 0.111. The van der Waals surface area contributed by atoms with Crippen molar-refractivity contribution in [3.63, 3.8) is 0 Å². The predicted octanol–water partition coefficient (Wildman–Crippen LogP) is 2.21. The second-order valence-electron chi connectivity index (χ2n) is 3.94. The number of ether oxygens (including phenoxy) is 2. The zero-order chi connectivity index (χ0) is 12.5. The van der Waals surface area contributed by atoms with E-state index >= 15 is 0 Å². The third-order valence-electron chi connectivity index (χ3n) is 2.22. The zero-order valence-electron chi connectivity index (χ0n) is 10.2. The summed E-state index contributed by atoms with van der Waals surface area (Å²) < 4.78 is 10.9. The lowest BCUT2D eigenvalue weighted by Crippen LogP contribution is -2.18. The van der Waals surface area contributed by atoms with Crippen LogP contribution < -0.4 is 10.5 Å². The topological polar surface area (TPSA) is 44.5 Å². The van der Waals surface area contributed by atoms with E-state index in [0.717, 1.165) is 17.7 Å². The highest BCUT2D eigenvalue weighted by Gasteiger charge is 2.05. The van der Waals surface area contributed by atoms with E-state index < -0.39 is 0 Å². The molecule has 0 fully saturated rings. The molecule has 0 saturated heterocycles. The molecule has 0 amide bonds. The van der Waals surface area contributed by atoms with Gasteiger partial charge in [0.15, 0.2) is 0 Å². The minimum Gasteiger partial charge on any atom is -0.491 e. The van der Waals surface area contributed by atoms with Crippen molar-refractivity contribution in [1.82, 2.24) is 0 Å². The van der Waals surface area contributed by atoms with Crippen LogP contribution in [0.5, 0.6) is 5.75 Å². The van der Waals surface area contributed by atoms with E-state index in [2.05, 4.69) is 0 Å². The number of para-hydroxylation sites is 1. The van der Waals surface area contributed by atoms with Crippen LogP contribution in [-0.2, 0) is 11.2 Å². The van der Waals surface area contributed by atoms with Gasteiger partial charge in [0, 0.05) is 11.9 Å². The fourth-order valence-electron chi connectivity index (χ4n) is 1.53. The van der Waals surface area contributed by atoms with Crippen LogP contribution in [0.25, 0.3) is 0 Å². The smallest absolute Gasteiger partial charge is 0.122 e. The van der Waals surface area contributed by atoms with Crippen LogP contribution in [0.15, 0.2) is 24.3 Å². The highest BCUT2D eigenvalue weighted by Crippen LogP contribution is 2.19. The van der Waals surface area contributed by atoms with Crippen molar-refractivity contribution < 1.29 is 9.47 Å². The van der Waals surface area contributed by atoms with Crippen molar-refractivity contribution in [1.29, 1.82) is 0 Å². The van der Waals surface area contributed by atoms with E-state index in [1.54, 1.807) is 0 Å². The average Bonchev–Trinajstić information content (AvgIpc) is 2.30. The summed E-state index contributed by atoms with van der Waals surface area (Å²) in [5.74, 6) is 1.40.